The van der Waals surface area contributed by atoms with E-state index in [0.717, 1.165) is 12.1 Å². The lowest BCUT2D eigenvalue weighted by molar-refractivity contribution is -0.131. The van der Waals surface area contributed by atoms with E-state index in [2.05, 4.69) is 4.98 Å². The Balaban J connectivity index is 1.59. The van der Waals surface area contributed by atoms with Crippen molar-refractivity contribution in [1.29, 1.82) is 0 Å². The van der Waals surface area contributed by atoms with Gasteiger partial charge < -0.3 is 14.4 Å². The fraction of sp³-hybridized carbons (Fsp3) is 0.316. The maximum Gasteiger partial charge on any atom is 0.308 e. The van der Waals surface area contributed by atoms with E-state index in [-0.39, 0.29) is 18.0 Å². The first kappa shape index (κ1) is 17.0. The van der Waals surface area contributed by atoms with E-state index in [1.807, 2.05) is 25.1 Å². The summed E-state index contributed by atoms with van der Waals surface area (Å²) in [5.74, 6) is 0.572. The van der Waals surface area contributed by atoms with Crippen LogP contribution < -0.4 is 9.47 Å². The number of pyridine rings is 1. The van der Waals surface area contributed by atoms with Crippen LogP contribution in [0.25, 0.3) is 0 Å². The van der Waals surface area contributed by atoms with Crippen LogP contribution in [0.5, 0.6) is 11.6 Å². The maximum absolute atomic E-state index is 12.6. The van der Waals surface area contributed by atoms with Crippen LogP contribution >= 0.6 is 0 Å². The number of aromatic nitrogens is 1. The molecule has 0 N–H and O–H groups in total. The van der Waals surface area contributed by atoms with Crippen LogP contribution in [-0.2, 0) is 4.79 Å². The van der Waals surface area contributed by atoms with Gasteiger partial charge in [0, 0.05) is 37.2 Å². The third-order valence-electron chi connectivity index (χ3n) is 3.95. The molecule has 25 heavy (non-hydrogen) atoms. The molecule has 1 fully saturated rings. The van der Waals surface area contributed by atoms with E-state index in [1.165, 1.54) is 6.92 Å². The minimum absolute atomic E-state index is 0.0569. The maximum atomic E-state index is 12.6. The van der Waals surface area contributed by atoms with Crippen molar-refractivity contribution in [1.82, 2.24) is 9.88 Å². The molecule has 0 unspecified atom stereocenters. The minimum atomic E-state index is -0.386. The minimum Gasteiger partial charge on any atom is -0.472 e. The molecule has 3 rings (SSSR count). The van der Waals surface area contributed by atoms with E-state index in [0.29, 0.717) is 30.3 Å². The molecule has 1 aromatic heterocycles. The molecular formula is C19H20N2O4. The van der Waals surface area contributed by atoms with Crippen molar-refractivity contribution in [2.24, 2.45) is 0 Å². The molecule has 0 spiro atoms. The fourth-order valence-electron chi connectivity index (χ4n) is 2.78. The Kier molecular flexibility index (Phi) is 4.97. The molecule has 1 amide bonds. The zero-order valence-electron chi connectivity index (χ0n) is 14.3. The molecule has 130 valence electrons. The standard InChI is InChI=1S/C19H20N2O4/c1-13-4-3-5-18(20-13)25-17-10-11-21(12-17)19(23)15-6-8-16(9-7-15)24-14(2)22/h3-9,17H,10-12H2,1-2H3/t17-/m0/s1. The Hall–Kier alpha value is -2.89. The van der Waals surface area contributed by atoms with Gasteiger partial charge in [0.15, 0.2) is 0 Å². The summed E-state index contributed by atoms with van der Waals surface area (Å²) in [4.78, 5) is 29.6. The molecule has 0 radical (unpaired) electrons. The van der Waals surface area contributed by atoms with Crippen molar-refractivity contribution in [3.05, 3.63) is 53.7 Å². The number of aryl methyl sites for hydroxylation is 1. The van der Waals surface area contributed by atoms with Gasteiger partial charge in [-0.2, -0.15) is 0 Å². The molecule has 6 nitrogen and oxygen atoms in total. The molecule has 1 aromatic carbocycles. The quantitative estimate of drug-likeness (QED) is 0.632. The monoisotopic (exact) mass is 340 g/mol. The first-order chi connectivity index (χ1) is 12.0. The lowest BCUT2D eigenvalue weighted by Gasteiger charge is -2.17. The van der Waals surface area contributed by atoms with Gasteiger partial charge in [0.05, 0.1) is 6.54 Å². The zero-order chi connectivity index (χ0) is 17.8. The number of rotatable bonds is 4. The molecule has 1 aliphatic rings. The zero-order valence-corrected chi connectivity index (χ0v) is 14.3. The van der Waals surface area contributed by atoms with Crippen LogP contribution in [0.2, 0.25) is 0 Å². The summed E-state index contributed by atoms with van der Waals surface area (Å²) in [6.07, 6.45) is 0.714. The molecular weight excluding hydrogens is 320 g/mol. The highest BCUT2D eigenvalue weighted by atomic mass is 16.5. The Morgan fingerprint density at radius 3 is 2.60 bits per heavy atom. The topological polar surface area (TPSA) is 68.7 Å². The van der Waals surface area contributed by atoms with E-state index < -0.39 is 0 Å². The van der Waals surface area contributed by atoms with Crippen LogP contribution in [0.4, 0.5) is 0 Å². The average molecular weight is 340 g/mol. The summed E-state index contributed by atoms with van der Waals surface area (Å²) < 4.78 is 10.8. The number of hydrogen-bond donors (Lipinski definition) is 0. The molecule has 2 heterocycles. The van der Waals surface area contributed by atoms with Gasteiger partial charge in [0.25, 0.3) is 5.91 Å². The molecule has 1 saturated heterocycles. The first-order valence-corrected chi connectivity index (χ1v) is 8.19. The lowest BCUT2D eigenvalue weighted by Crippen LogP contribution is -2.31. The first-order valence-electron chi connectivity index (χ1n) is 8.19. The number of nitrogens with zero attached hydrogens (tertiary/aromatic N) is 2. The van der Waals surface area contributed by atoms with Gasteiger partial charge in [-0.25, -0.2) is 4.98 Å². The van der Waals surface area contributed by atoms with Crippen molar-refractivity contribution in [3.63, 3.8) is 0 Å². The van der Waals surface area contributed by atoms with Crippen molar-refractivity contribution in [3.8, 4) is 11.6 Å². The third-order valence-corrected chi connectivity index (χ3v) is 3.95. The summed E-state index contributed by atoms with van der Waals surface area (Å²) in [5.41, 5.74) is 1.46. The molecule has 0 saturated carbocycles. The van der Waals surface area contributed by atoms with Crippen molar-refractivity contribution < 1.29 is 19.1 Å². The predicted octanol–water partition coefficient (Wildman–Crippen LogP) is 2.61. The smallest absolute Gasteiger partial charge is 0.308 e. The number of hydrogen-bond acceptors (Lipinski definition) is 5. The van der Waals surface area contributed by atoms with Gasteiger partial charge in [0.1, 0.15) is 11.9 Å². The molecule has 1 atom stereocenters. The molecule has 0 bridgehead atoms. The van der Waals surface area contributed by atoms with Gasteiger partial charge in [-0.15, -0.1) is 0 Å². The summed E-state index contributed by atoms with van der Waals surface area (Å²) in [6.45, 7) is 4.42. The van der Waals surface area contributed by atoms with E-state index in [4.69, 9.17) is 9.47 Å². The molecule has 2 aromatic rings. The summed E-state index contributed by atoms with van der Waals surface area (Å²) >= 11 is 0. The van der Waals surface area contributed by atoms with Crippen LogP contribution in [0.1, 0.15) is 29.4 Å². The number of likely N-dealkylation sites (tertiary alicyclic amines) is 1. The second kappa shape index (κ2) is 7.34. The van der Waals surface area contributed by atoms with Gasteiger partial charge in [-0.1, -0.05) is 6.07 Å². The number of esters is 1. The van der Waals surface area contributed by atoms with E-state index >= 15 is 0 Å². The average Bonchev–Trinajstić information content (AvgIpc) is 3.03. The normalized spacial score (nSPS) is 16.6. The van der Waals surface area contributed by atoms with E-state index in [9.17, 15) is 9.59 Å². The highest BCUT2D eigenvalue weighted by molar-refractivity contribution is 5.94. The van der Waals surface area contributed by atoms with Crippen molar-refractivity contribution in [2.45, 2.75) is 26.4 Å². The van der Waals surface area contributed by atoms with Gasteiger partial charge in [-0.05, 0) is 37.3 Å². The van der Waals surface area contributed by atoms with Crippen molar-refractivity contribution >= 4 is 11.9 Å². The number of benzene rings is 1. The highest BCUT2D eigenvalue weighted by Crippen LogP contribution is 2.20. The SMILES string of the molecule is CC(=O)Oc1ccc(C(=O)N2CC[C@H](Oc3cccc(C)n3)C2)cc1. The highest BCUT2D eigenvalue weighted by Gasteiger charge is 2.28. The largest absolute Gasteiger partial charge is 0.472 e. The van der Waals surface area contributed by atoms with Crippen LogP contribution in [0, 0.1) is 6.92 Å². The second-order valence-electron chi connectivity index (χ2n) is 6.01. The van der Waals surface area contributed by atoms with Gasteiger partial charge >= 0.3 is 5.97 Å². The van der Waals surface area contributed by atoms with Crippen LogP contribution in [-0.4, -0.2) is 41.0 Å². The lowest BCUT2D eigenvalue weighted by atomic mass is 10.2. The predicted molar refractivity (Wildman–Crippen MR) is 91.7 cm³/mol. The number of carbonyl (C=O) groups excluding carboxylic acids is 2. The number of ether oxygens (including phenoxy) is 2. The van der Waals surface area contributed by atoms with Crippen LogP contribution in [0.15, 0.2) is 42.5 Å². The Labute approximate surface area is 146 Å². The van der Waals surface area contributed by atoms with Gasteiger partial charge in [0.2, 0.25) is 5.88 Å². The Morgan fingerprint density at radius 1 is 1.16 bits per heavy atom. The summed E-state index contributed by atoms with van der Waals surface area (Å²) in [5, 5.41) is 0. The van der Waals surface area contributed by atoms with Crippen molar-refractivity contribution in [2.75, 3.05) is 13.1 Å². The third kappa shape index (κ3) is 4.35. The second-order valence-corrected chi connectivity index (χ2v) is 6.01. The molecule has 0 aliphatic carbocycles. The molecule has 6 heteroatoms. The Bertz CT molecular complexity index is 773. The molecule has 1 aliphatic heterocycles. The number of carbonyl (C=O) groups is 2. The fourth-order valence-corrected chi connectivity index (χ4v) is 2.78. The van der Waals surface area contributed by atoms with Gasteiger partial charge in [-0.3, -0.25) is 9.59 Å². The number of amides is 1. The Morgan fingerprint density at radius 2 is 1.92 bits per heavy atom. The summed E-state index contributed by atoms with van der Waals surface area (Å²) in [7, 11) is 0. The summed E-state index contributed by atoms with van der Waals surface area (Å²) in [6, 6.07) is 12.2. The van der Waals surface area contributed by atoms with Crippen LogP contribution in [0.3, 0.4) is 0 Å². The van der Waals surface area contributed by atoms with E-state index in [1.54, 1.807) is 29.2 Å².